The van der Waals surface area contributed by atoms with E-state index in [9.17, 15) is 0 Å². The molecule has 1 aromatic heterocycles. The molecular weight excluding hydrogens is 285 g/mol. The molecule has 0 radical (unpaired) electrons. The quantitative estimate of drug-likeness (QED) is 0.656. The Hall–Kier alpha value is -1.63. The predicted molar refractivity (Wildman–Crippen MR) is 76.8 cm³/mol. The van der Waals surface area contributed by atoms with Crippen molar-refractivity contribution in [2.24, 2.45) is 0 Å². The molecule has 0 N–H and O–H groups in total. The van der Waals surface area contributed by atoms with Gasteiger partial charge in [0.15, 0.2) is 0 Å². The second-order valence-corrected chi connectivity index (χ2v) is 6.00. The second-order valence-electron chi connectivity index (χ2n) is 4.31. The first-order valence-electron chi connectivity index (χ1n) is 5.92. The van der Waals surface area contributed by atoms with Crippen LogP contribution in [-0.4, -0.2) is 18.7 Å². The van der Waals surface area contributed by atoms with E-state index in [0.717, 1.165) is 5.69 Å². The van der Waals surface area contributed by atoms with E-state index in [1.54, 1.807) is 0 Å². The van der Waals surface area contributed by atoms with Crippen LogP contribution in [0.15, 0.2) is 60.7 Å². The van der Waals surface area contributed by atoms with Gasteiger partial charge in [0.05, 0.1) is 0 Å². The summed E-state index contributed by atoms with van der Waals surface area (Å²) in [4.78, 5) is 0. The summed E-state index contributed by atoms with van der Waals surface area (Å²) in [5.41, 5.74) is 4.94. The van der Waals surface area contributed by atoms with Gasteiger partial charge in [-0.25, -0.2) is 0 Å². The molecular formula is C16H13NSe. The molecule has 1 heterocycles. The molecule has 88 valence electrons. The first-order valence-corrected chi connectivity index (χ1v) is 7.54. The van der Waals surface area contributed by atoms with Gasteiger partial charge in [0.25, 0.3) is 0 Å². The van der Waals surface area contributed by atoms with Crippen LogP contribution in [0.5, 0.6) is 0 Å². The monoisotopic (exact) mass is 299 g/mol. The fourth-order valence-electron chi connectivity index (χ4n) is 1.95. The van der Waals surface area contributed by atoms with Crippen molar-refractivity contribution in [3.8, 4) is 21.3 Å². The Morgan fingerprint density at radius 1 is 0.833 bits per heavy atom. The van der Waals surface area contributed by atoms with Crippen molar-refractivity contribution in [1.29, 1.82) is 0 Å². The molecule has 18 heavy (non-hydrogen) atoms. The Bertz CT molecular complexity index is 656. The zero-order valence-corrected chi connectivity index (χ0v) is 11.8. The number of aryl methyl sites for hydroxylation is 1. The topological polar surface area (TPSA) is 12.9 Å². The Kier molecular flexibility index (Phi) is 3.14. The third-order valence-corrected chi connectivity index (χ3v) is 4.64. The molecule has 0 fully saturated rings. The molecule has 3 aromatic rings. The van der Waals surface area contributed by atoms with E-state index in [-0.39, 0.29) is 14.7 Å². The van der Waals surface area contributed by atoms with Crippen molar-refractivity contribution in [2.45, 2.75) is 6.92 Å². The SMILES string of the molecule is Cc1cccc(-c2cc(-c3ccccc3)n[se]2)c1. The minimum atomic E-state index is 0.207. The van der Waals surface area contributed by atoms with Crippen LogP contribution >= 0.6 is 0 Å². The zero-order chi connectivity index (χ0) is 12.4. The van der Waals surface area contributed by atoms with Crippen molar-refractivity contribution in [1.82, 2.24) is 3.98 Å². The van der Waals surface area contributed by atoms with Gasteiger partial charge in [0.2, 0.25) is 0 Å². The molecule has 2 aromatic carbocycles. The fourth-order valence-corrected chi connectivity index (χ4v) is 3.53. The van der Waals surface area contributed by atoms with Crippen LogP contribution < -0.4 is 0 Å². The van der Waals surface area contributed by atoms with Gasteiger partial charge in [0.1, 0.15) is 0 Å². The van der Waals surface area contributed by atoms with Crippen molar-refractivity contribution in [2.75, 3.05) is 0 Å². The molecule has 0 aliphatic rings. The van der Waals surface area contributed by atoms with E-state index in [4.69, 9.17) is 0 Å². The van der Waals surface area contributed by atoms with E-state index in [1.165, 1.54) is 21.1 Å². The third kappa shape index (κ3) is 2.31. The number of nitrogens with zero attached hydrogens (tertiary/aromatic N) is 1. The first-order chi connectivity index (χ1) is 8.83. The van der Waals surface area contributed by atoms with Gasteiger partial charge in [-0.1, -0.05) is 0 Å². The second kappa shape index (κ2) is 4.93. The molecule has 0 spiro atoms. The Balaban J connectivity index is 2.00. The molecule has 0 aliphatic carbocycles. The van der Waals surface area contributed by atoms with Crippen molar-refractivity contribution >= 4 is 14.7 Å². The van der Waals surface area contributed by atoms with Gasteiger partial charge in [0, 0.05) is 0 Å². The Morgan fingerprint density at radius 2 is 1.61 bits per heavy atom. The van der Waals surface area contributed by atoms with Crippen molar-refractivity contribution < 1.29 is 0 Å². The van der Waals surface area contributed by atoms with E-state index < -0.39 is 0 Å². The predicted octanol–water partition coefficient (Wildman–Crippen LogP) is 3.78. The molecule has 0 unspecified atom stereocenters. The number of benzene rings is 2. The van der Waals surface area contributed by atoms with Crippen LogP contribution in [-0.2, 0) is 0 Å². The number of aromatic nitrogens is 1. The first kappa shape index (κ1) is 11.5. The molecule has 0 saturated heterocycles. The molecule has 1 nitrogen and oxygen atoms in total. The maximum atomic E-state index is 4.68. The third-order valence-electron chi connectivity index (χ3n) is 2.88. The molecule has 0 aliphatic heterocycles. The maximum absolute atomic E-state index is 4.68. The van der Waals surface area contributed by atoms with Gasteiger partial charge in [-0.05, 0) is 0 Å². The number of hydrogen-bond acceptors (Lipinski definition) is 1. The van der Waals surface area contributed by atoms with Gasteiger partial charge >= 0.3 is 113 Å². The van der Waals surface area contributed by atoms with Gasteiger partial charge < -0.3 is 0 Å². The summed E-state index contributed by atoms with van der Waals surface area (Å²) in [6.07, 6.45) is 0. The van der Waals surface area contributed by atoms with E-state index in [1.807, 2.05) is 6.07 Å². The van der Waals surface area contributed by atoms with E-state index in [0.29, 0.717) is 0 Å². The average molecular weight is 298 g/mol. The summed E-state index contributed by atoms with van der Waals surface area (Å²) in [7, 11) is 0. The summed E-state index contributed by atoms with van der Waals surface area (Å²) in [6, 6.07) is 21.3. The van der Waals surface area contributed by atoms with E-state index >= 15 is 0 Å². The molecule has 0 bridgehead atoms. The van der Waals surface area contributed by atoms with Crippen molar-refractivity contribution in [3.05, 3.63) is 66.2 Å². The van der Waals surface area contributed by atoms with Gasteiger partial charge in [-0.2, -0.15) is 0 Å². The normalized spacial score (nSPS) is 10.5. The van der Waals surface area contributed by atoms with Crippen LogP contribution in [0.2, 0.25) is 0 Å². The summed E-state index contributed by atoms with van der Waals surface area (Å²) >= 11 is 0.207. The molecule has 0 saturated carbocycles. The Labute approximate surface area is 113 Å². The summed E-state index contributed by atoms with van der Waals surface area (Å²) in [5.74, 6) is 0. The van der Waals surface area contributed by atoms with Gasteiger partial charge in [-0.15, -0.1) is 0 Å². The number of rotatable bonds is 2. The van der Waals surface area contributed by atoms with Crippen LogP contribution in [0, 0.1) is 6.92 Å². The standard InChI is InChI=1S/C16H13NSe/c1-12-6-5-9-14(10-12)16-11-15(17-18-16)13-7-3-2-4-8-13/h2-11H,1H3. The average Bonchev–Trinajstić information content (AvgIpc) is 2.89. The van der Waals surface area contributed by atoms with Crippen LogP contribution in [0.3, 0.4) is 0 Å². The van der Waals surface area contributed by atoms with Crippen LogP contribution in [0.4, 0.5) is 0 Å². The summed E-state index contributed by atoms with van der Waals surface area (Å²) in [6.45, 7) is 2.13. The molecule has 3 rings (SSSR count). The van der Waals surface area contributed by atoms with Crippen molar-refractivity contribution in [3.63, 3.8) is 0 Å². The summed E-state index contributed by atoms with van der Waals surface area (Å²) in [5, 5.41) is 0. The van der Waals surface area contributed by atoms with Crippen LogP contribution in [0.25, 0.3) is 21.3 Å². The molecule has 0 amide bonds. The Morgan fingerprint density at radius 3 is 2.39 bits per heavy atom. The summed E-state index contributed by atoms with van der Waals surface area (Å²) < 4.78 is 6.05. The van der Waals surface area contributed by atoms with E-state index in [2.05, 4.69) is 65.5 Å². The molecule has 2 heteroatoms. The zero-order valence-electron chi connectivity index (χ0n) is 10.1. The fraction of sp³-hybridized carbons (Fsp3) is 0.0625. The minimum absolute atomic E-state index is 0.207. The van der Waals surface area contributed by atoms with Crippen LogP contribution in [0.1, 0.15) is 5.56 Å². The van der Waals surface area contributed by atoms with Gasteiger partial charge in [-0.3, -0.25) is 0 Å². The number of hydrogen-bond donors (Lipinski definition) is 0. The molecule has 0 atom stereocenters.